The van der Waals surface area contributed by atoms with Crippen molar-refractivity contribution < 1.29 is 27.4 Å². The van der Waals surface area contributed by atoms with Crippen LogP contribution in [-0.2, 0) is 9.84 Å². The van der Waals surface area contributed by atoms with Crippen molar-refractivity contribution in [1.29, 1.82) is 0 Å². The number of pyridine rings is 1. The predicted octanol–water partition coefficient (Wildman–Crippen LogP) is 4.74. The molecule has 1 aromatic carbocycles. The highest BCUT2D eigenvalue weighted by molar-refractivity contribution is 7.91. The van der Waals surface area contributed by atoms with Gasteiger partial charge in [0, 0.05) is 29.3 Å². The van der Waals surface area contributed by atoms with Crippen LogP contribution in [0.1, 0.15) is 62.0 Å². The summed E-state index contributed by atoms with van der Waals surface area (Å²) in [5, 5.41) is 28.6. The Morgan fingerprint density at radius 2 is 1.82 bits per heavy atom. The molecule has 0 bridgehead atoms. The Kier molecular flexibility index (Phi) is 8.28. The number of nitrogens with one attached hydrogen (secondary N) is 2. The minimum atomic E-state index is -3.40. The molecule has 10 nitrogen and oxygen atoms in total. The van der Waals surface area contributed by atoms with Gasteiger partial charge in [0.25, 0.3) is 0 Å². The van der Waals surface area contributed by atoms with Gasteiger partial charge in [0.15, 0.2) is 0 Å². The molecule has 0 spiro atoms. The molecule has 4 aromatic rings. The smallest absolute Gasteiger partial charge is 0.225 e. The van der Waals surface area contributed by atoms with E-state index in [1.807, 2.05) is 6.07 Å². The minimum Gasteiger partial charge on any atom is -0.390 e. The second kappa shape index (κ2) is 11.9. The fraction of sp³-hybridized carbons (Fsp3) is 0.467. The number of benzene rings is 1. The van der Waals surface area contributed by atoms with Crippen molar-refractivity contribution >= 4 is 43.2 Å². The molecule has 3 aromatic heterocycles. The monoisotopic (exact) mass is 644 g/mol. The number of sulfone groups is 1. The van der Waals surface area contributed by atoms with Gasteiger partial charge in [-0.15, -0.1) is 11.3 Å². The number of rotatable bonds is 10. The molecule has 4 N–H and O–H groups in total. The molecule has 0 unspecified atom stereocenters. The van der Waals surface area contributed by atoms with Gasteiger partial charge in [-0.25, -0.2) is 27.2 Å². The minimum absolute atomic E-state index is 0.0647. The first kappa shape index (κ1) is 30.7. The summed E-state index contributed by atoms with van der Waals surface area (Å²) in [7, 11) is -3.40. The van der Waals surface area contributed by atoms with Crippen LogP contribution in [0.2, 0.25) is 0 Å². The number of fused-ring (bicyclic) bond motifs is 1. The SMILES string of the molecule is CCS(=O)(=O)C[C@H]1C[C@@H](Nc2nc(N[C@H](C)c3c(F)cccc3F)nc(C)c2-c2nc3c(C4CC4)nccc3s2)[C@H](O)[C@@H]1O. The lowest BCUT2D eigenvalue weighted by Crippen LogP contribution is -2.36. The van der Waals surface area contributed by atoms with Crippen LogP contribution in [0.4, 0.5) is 20.5 Å². The molecule has 5 atom stereocenters. The molecule has 14 heteroatoms. The largest absolute Gasteiger partial charge is 0.390 e. The number of aliphatic hydroxyl groups excluding tert-OH is 2. The van der Waals surface area contributed by atoms with Crippen LogP contribution >= 0.6 is 11.3 Å². The second-order valence-corrected chi connectivity index (χ2v) is 15.0. The van der Waals surface area contributed by atoms with Crippen molar-refractivity contribution in [1.82, 2.24) is 19.9 Å². The fourth-order valence-electron chi connectivity index (χ4n) is 5.88. The number of halogens is 2. The highest BCUT2D eigenvalue weighted by atomic mass is 32.2. The van der Waals surface area contributed by atoms with E-state index in [0.717, 1.165) is 28.8 Å². The van der Waals surface area contributed by atoms with E-state index in [0.29, 0.717) is 22.2 Å². The highest BCUT2D eigenvalue weighted by Crippen LogP contribution is 2.45. The zero-order valence-corrected chi connectivity index (χ0v) is 26.1. The topological polar surface area (TPSA) is 150 Å². The van der Waals surface area contributed by atoms with Gasteiger partial charge < -0.3 is 20.8 Å². The van der Waals surface area contributed by atoms with E-state index in [9.17, 15) is 27.4 Å². The number of hydrogen-bond donors (Lipinski definition) is 4. The maximum Gasteiger partial charge on any atom is 0.225 e. The Morgan fingerprint density at radius 1 is 1.09 bits per heavy atom. The first-order chi connectivity index (χ1) is 21.0. The Balaban J connectivity index is 1.39. The Hall–Kier alpha value is -3.33. The standard InChI is InChI=1S/C30H34F2N6O4S2/c1-4-44(41,42)13-17-12-20(27(40)26(17)39)36-28-23(29-37-25-21(43-29)10-11-33-24(25)16-8-9-16)15(3)35-30(38-28)34-14(2)22-18(31)6-5-7-19(22)32/h5-7,10-11,14,16-17,20,26-27,39-40H,4,8-9,12-13H2,1-3H3,(H2,34,35,36,38)/t14-,17-,20-,26-,27+/m1/s1. The van der Waals surface area contributed by atoms with E-state index in [-0.39, 0.29) is 35.3 Å². The van der Waals surface area contributed by atoms with Crippen LogP contribution in [0.5, 0.6) is 0 Å². The summed E-state index contributed by atoms with van der Waals surface area (Å²) >= 11 is 1.45. The van der Waals surface area contributed by atoms with Gasteiger partial charge in [-0.1, -0.05) is 13.0 Å². The number of aryl methyl sites for hydroxylation is 1. The number of thiazole rings is 1. The van der Waals surface area contributed by atoms with E-state index in [1.165, 1.54) is 29.5 Å². The molecule has 2 aliphatic rings. The summed E-state index contributed by atoms with van der Waals surface area (Å²) in [5.41, 5.74) is 2.69. The van der Waals surface area contributed by atoms with Crippen molar-refractivity contribution in [2.24, 2.45) is 5.92 Å². The zero-order valence-electron chi connectivity index (χ0n) is 24.5. The van der Waals surface area contributed by atoms with Crippen molar-refractivity contribution in [3.05, 3.63) is 59.0 Å². The zero-order chi connectivity index (χ0) is 31.3. The number of aliphatic hydroxyl groups is 2. The summed E-state index contributed by atoms with van der Waals surface area (Å²) in [6, 6.07) is 3.99. The summed E-state index contributed by atoms with van der Waals surface area (Å²) in [4.78, 5) is 18.8. The van der Waals surface area contributed by atoms with Gasteiger partial charge in [0.1, 0.15) is 43.9 Å². The van der Waals surface area contributed by atoms with Crippen LogP contribution in [0, 0.1) is 24.5 Å². The first-order valence-electron chi connectivity index (χ1n) is 14.6. The average molecular weight is 645 g/mol. The molecule has 0 radical (unpaired) electrons. The van der Waals surface area contributed by atoms with Crippen molar-refractivity contribution in [3.63, 3.8) is 0 Å². The number of anilines is 2. The van der Waals surface area contributed by atoms with Crippen LogP contribution in [0.25, 0.3) is 20.8 Å². The van der Waals surface area contributed by atoms with E-state index in [2.05, 4.69) is 25.6 Å². The Bertz CT molecular complexity index is 1800. The molecule has 0 aliphatic heterocycles. The summed E-state index contributed by atoms with van der Waals surface area (Å²) in [6.45, 7) is 4.91. The molecular weight excluding hydrogens is 610 g/mol. The molecule has 44 heavy (non-hydrogen) atoms. The van der Waals surface area contributed by atoms with Crippen molar-refractivity contribution in [3.8, 4) is 10.6 Å². The number of nitrogens with zero attached hydrogens (tertiary/aromatic N) is 4. The molecule has 3 heterocycles. The van der Waals surface area contributed by atoms with E-state index in [1.54, 1.807) is 27.0 Å². The van der Waals surface area contributed by atoms with Crippen LogP contribution < -0.4 is 10.6 Å². The normalized spacial score (nSPS) is 22.8. The molecule has 0 saturated heterocycles. The van der Waals surface area contributed by atoms with Crippen LogP contribution in [0.3, 0.4) is 0 Å². The molecule has 6 rings (SSSR count). The lowest BCUT2D eigenvalue weighted by Gasteiger charge is -2.22. The van der Waals surface area contributed by atoms with Gasteiger partial charge >= 0.3 is 0 Å². The van der Waals surface area contributed by atoms with Crippen molar-refractivity contribution in [2.75, 3.05) is 22.1 Å². The fourth-order valence-corrected chi connectivity index (χ4v) is 8.17. The van der Waals surface area contributed by atoms with Crippen LogP contribution in [0.15, 0.2) is 30.5 Å². The lowest BCUT2D eigenvalue weighted by molar-refractivity contribution is 0.0216. The molecule has 2 aliphatic carbocycles. The summed E-state index contributed by atoms with van der Waals surface area (Å²) in [6.07, 6.45) is 1.56. The average Bonchev–Trinajstić information content (AvgIpc) is 3.67. The van der Waals surface area contributed by atoms with E-state index < -0.39 is 51.7 Å². The first-order valence-corrected chi connectivity index (χ1v) is 17.3. The molecule has 234 valence electrons. The van der Waals surface area contributed by atoms with Crippen LogP contribution in [-0.4, -0.2) is 68.3 Å². The molecule has 2 saturated carbocycles. The van der Waals surface area contributed by atoms with Gasteiger partial charge in [-0.2, -0.15) is 4.98 Å². The predicted molar refractivity (Wildman–Crippen MR) is 165 cm³/mol. The number of hydrogen-bond acceptors (Lipinski definition) is 11. The Morgan fingerprint density at radius 3 is 2.50 bits per heavy atom. The van der Waals surface area contributed by atoms with Gasteiger partial charge in [-0.05, 0) is 51.3 Å². The molecule has 0 amide bonds. The van der Waals surface area contributed by atoms with E-state index >= 15 is 0 Å². The van der Waals surface area contributed by atoms with Gasteiger partial charge in [-0.3, -0.25) is 4.98 Å². The third-order valence-corrected chi connectivity index (χ3v) is 11.3. The third-order valence-electron chi connectivity index (χ3n) is 8.41. The number of aromatic nitrogens is 4. The maximum absolute atomic E-state index is 14.5. The molecular formula is C30H34F2N6O4S2. The third kappa shape index (κ3) is 6.00. The van der Waals surface area contributed by atoms with Crippen molar-refractivity contribution in [2.45, 2.75) is 70.2 Å². The maximum atomic E-state index is 14.5. The van der Waals surface area contributed by atoms with E-state index in [4.69, 9.17) is 4.98 Å². The highest BCUT2D eigenvalue weighted by Gasteiger charge is 2.43. The Labute approximate surface area is 257 Å². The lowest BCUT2D eigenvalue weighted by atomic mass is 10.1. The second-order valence-electron chi connectivity index (χ2n) is 11.6. The summed E-state index contributed by atoms with van der Waals surface area (Å²) in [5.74, 6) is -1.64. The summed E-state index contributed by atoms with van der Waals surface area (Å²) < 4.78 is 54.7. The molecule has 2 fully saturated rings. The van der Waals surface area contributed by atoms with Gasteiger partial charge in [0.2, 0.25) is 5.95 Å². The van der Waals surface area contributed by atoms with Gasteiger partial charge in [0.05, 0.1) is 45.6 Å². The quantitative estimate of drug-likeness (QED) is 0.191.